The Bertz CT molecular complexity index is 592. The molecule has 0 fully saturated rings. The molecule has 21 heavy (non-hydrogen) atoms. The number of fused-ring (bicyclic) bond motifs is 1. The van der Waals surface area contributed by atoms with Gasteiger partial charge in [0.1, 0.15) is 0 Å². The summed E-state index contributed by atoms with van der Waals surface area (Å²) in [4.78, 5) is 11.3. The van der Waals surface area contributed by atoms with E-state index >= 15 is 0 Å². The highest BCUT2D eigenvalue weighted by Crippen LogP contribution is 2.21. The molecule has 2 rings (SSSR count). The number of carbonyl (C=O) groups is 1. The lowest BCUT2D eigenvalue weighted by Crippen LogP contribution is -2.18. The van der Waals surface area contributed by atoms with Crippen LogP contribution in [0.15, 0.2) is 30.5 Å². The van der Waals surface area contributed by atoms with Crippen LogP contribution in [-0.2, 0) is 27.4 Å². The fourth-order valence-corrected chi connectivity index (χ4v) is 2.36. The summed E-state index contributed by atoms with van der Waals surface area (Å²) < 4.78 is 11.8. The molecular weight excluding hydrogens is 268 g/mol. The summed E-state index contributed by atoms with van der Waals surface area (Å²) in [5, 5.41) is 4.57. The summed E-state index contributed by atoms with van der Waals surface area (Å²) >= 11 is 0. The van der Waals surface area contributed by atoms with Gasteiger partial charge in [0.05, 0.1) is 20.1 Å². The van der Waals surface area contributed by atoms with Gasteiger partial charge in [-0.15, -0.1) is 0 Å². The number of methoxy groups -OCH3 is 2. The first kappa shape index (κ1) is 15.5. The first-order valence-electron chi connectivity index (χ1n) is 7.09. The van der Waals surface area contributed by atoms with Gasteiger partial charge in [-0.05, 0) is 11.6 Å². The number of hydrogen-bond donors (Lipinski definition) is 1. The van der Waals surface area contributed by atoms with Gasteiger partial charge in [0.2, 0.25) is 0 Å². The highest BCUT2D eigenvalue weighted by Gasteiger charge is 2.09. The number of hydrogen-bond acceptors (Lipinski definition) is 4. The molecule has 0 radical (unpaired) electrons. The lowest BCUT2D eigenvalue weighted by Gasteiger charge is -2.03. The molecule has 0 atom stereocenters. The van der Waals surface area contributed by atoms with E-state index in [2.05, 4.69) is 28.2 Å². The molecule has 114 valence electrons. The van der Waals surface area contributed by atoms with Gasteiger partial charge in [0, 0.05) is 43.8 Å². The third kappa shape index (κ3) is 4.06. The number of esters is 1. The number of aryl methyl sites for hydroxylation is 1. The van der Waals surface area contributed by atoms with E-state index < -0.39 is 0 Å². The Morgan fingerprint density at radius 2 is 2.10 bits per heavy atom. The average molecular weight is 290 g/mol. The van der Waals surface area contributed by atoms with Crippen LogP contribution in [-0.4, -0.2) is 37.9 Å². The monoisotopic (exact) mass is 290 g/mol. The number of para-hydroxylation sites is 1. The molecule has 0 aliphatic rings. The number of nitrogens with one attached hydrogen (secondary N) is 1. The zero-order valence-corrected chi connectivity index (χ0v) is 12.6. The van der Waals surface area contributed by atoms with Crippen LogP contribution in [0, 0.1) is 0 Å². The summed E-state index contributed by atoms with van der Waals surface area (Å²) in [5.41, 5.74) is 2.37. The van der Waals surface area contributed by atoms with Gasteiger partial charge in [0.25, 0.3) is 0 Å². The molecule has 0 bridgehead atoms. The van der Waals surface area contributed by atoms with Gasteiger partial charge in [-0.25, -0.2) is 0 Å². The number of ether oxygens (including phenoxy) is 2. The van der Waals surface area contributed by atoms with Crippen molar-refractivity contribution in [2.45, 2.75) is 19.5 Å². The summed E-state index contributed by atoms with van der Waals surface area (Å²) in [6, 6.07) is 8.23. The molecule has 0 amide bonds. The molecule has 0 spiro atoms. The van der Waals surface area contributed by atoms with Crippen LogP contribution in [0.1, 0.15) is 12.0 Å². The summed E-state index contributed by atoms with van der Waals surface area (Å²) in [7, 11) is 3.11. The van der Waals surface area contributed by atoms with Crippen molar-refractivity contribution in [3.8, 4) is 0 Å². The molecule has 1 aromatic heterocycles. The maximum absolute atomic E-state index is 11.3. The maximum Gasteiger partial charge on any atom is 0.307 e. The lowest BCUT2D eigenvalue weighted by molar-refractivity contribution is -0.140. The molecule has 2 aromatic rings. The van der Waals surface area contributed by atoms with Gasteiger partial charge >= 0.3 is 5.97 Å². The minimum Gasteiger partial charge on any atom is -0.469 e. The second kappa shape index (κ2) is 7.81. The molecule has 1 N–H and O–H groups in total. The highest BCUT2D eigenvalue weighted by atomic mass is 16.5. The van der Waals surface area contributed by atoms with Crippen LogP contribution < -0.4 is 5.32 Å². The first-order chi connectivity index (χ1) is 10.3. The van der Waals surface area contributed by atoms with Crippen molar-refractivity contribution in [1.82, 2.24) is 9.88 Å². The second-order valence-electron chi connectivity index (χ2n) is 4.86. The number of carbonyl (C=O) groups excluding carboxylic acids is 1. The fraction of sp³-hybridized carbons (Fsp3) is 0.438. The Hall–Kier alpha value is -1.85. The van der Waals surface area contributed by atoms with Gasteiger partial charge in [-0.1, -0.05) is 18.2 Å². The van der Waals surface area contributed by atoms with Gasteiger partial charge in [-0.2, -0.15) is 0 Å². The standard InChI is InChI=1S/C16H22N2O3/c1-20-10-8-17-11-13-12-18(9-7-16(19)21-2)15-6-4-3-5-14(13)15/h3-6,12,17H,7-11H2,1-2H3. The molecule has 1 heterocycles. The Balaban J connectivity index is 2.12. The van der Waals surface area contributed by atoms with E-state index in [0.29, 0.717) is 19.6 Å². The molecule has 0 saturated carbocycles. The Kier molecular flexibility index (Phi) is 5.78. The minimum atomic E-state index is -0.187. The van der Waals surface area contributed by atoms with E-state index in [-0.39, 0.29) is 5.97 Å². The van der Waals surface area contributed by atoms with E-state index in [9.17, 15) is 4.79 Å². The summed E-state index contributed by atoms with van der Waals surface area (Å²) in [6.45, 7) is 2.93. The molecule has 5 heteroatoms. The molecule has 0 aliphatic heterocycles. The van der Waals surface area contributed by atoms with Crippen molar-refractivity contribution < 1.29 is 14.3 Å². The van der Waals surface area contributed by atoms with E-state index in [1.807, 2.05) is 12.1 Å². The topological polar surface area (TPSA) is 52.5 Å². The minimum absolute atomic E-state index is 0.187. The fourth-order valence-electron chi connectivity index (χ4n) is 2.36. The van der Waals surface area contributed by atoms with Crippen LogP contribution in [0.25, 0.3) is 10.9 Å². The van der Waals surface area contributed by atoms with Crippen molar-refractivity contribution in [3.63, 3.8) is 0 Å². The summed E-state index contributed by atoms with van der Waals surface area (Å²) in [6.07, 6.45) is 2.49. The van der Waals surface area contributed by atoms with Crippen molar-refractivity contribution in [2.24, 2.45) is 0 Å². The van der Waals surface area contributed by atoms with Gasteiger partial charge < -0.3 is 19.4 Å². The average Bonchev–Trinajstić information content (AvgIpc) is 2.87. The second-order valence-corrected chi connectivity index (χ2v) is 4.86. The third-order valence-electron chi connectivity index (χ3n) is 3.45. The van der Waals surface area contributed by atoms with Crippen LogP contribution in [0.4, 0.5) is 0 Å². The zero-order valence-electron chi connectivity index (χ0n) is 12.6. The number of rotatable bonds is 8. The largest absolute Gasteiger partial charge is 0.469 e. The molecule has 0 saturated heterocycles. The number of aromatic nitrogens is 1. The first-order valence-corrected chi connectivity index (χ1v) is 7.09. The van der Waals surface area contributed by atoms with Gasteiger partial charge in [-0.3, -0.25) is 4.79 Å². The maximum atomic E-state index is 11.3. The predicted octanol–water partition coefficient (Wildman–Crippen LogP) is 1.94. The Morgan fingerprint density at radius 1 is 1.29 bits per heavy atom. The van der Waals surface area contributed by atoms with E-state index in [0.717, 1.165) is 18.6 Å². The van der Waals surface area contributed by atoms with Crippen molar-refractivity contribution in [1.29, 1.82) is 0 Å². The molecule has 5 nitrogen and oxygen atoms in total. The molecule has 1 aromatic carbocycles. The quantitative estimate of drug-likeness (QED) is 0.596. The van der Waals surface area contributed by atoms with Crippen molar-refractivity contribution in [2.75, 3.05) is 27.4 Å². The molecule has 0 unspecified atom stereocenters. The Labute approximate surface area is 124 Å². The smallest absolute Gasteiger partial charge is 0.307 e. The zero-order chi connectivity index (χ0) is 15.1. The molecular formula is C16H22N2O3. The van der Waals surface area contributed by atoms with Crippen LogP contribution in [0.3, 0.4) is 0 Å². The number of benzene rings is 1. The molecule has 0 aliphatic carbocycles. The lowest BCUT2D eigenvalue weighted by atomic mass is 10.2. The van der Waals surface area contributed by atoms with Crippen molar-refractivity contribution >= 4 is 16.9 Å². The third-order valence-corrected chi connectivity index (χ3v) is 3.45. The van der Waals surface area contributed by atoms with E-state index in [1.165, 1.54) is 18.1 Å². The van der Waals surface area contributed by atoms with Crippen molar-refractivity contribution in [3.05, 3.63) is 36.0 Å². The number of nitrogens with zero attached hydrogens (tertiary/aromatic N) is 1. The normalized spacial score (nSPS) is 11.0. The van der Waals surface area contributed by atoms with E-state index in [1.54, 1.807) is 7.11 Å². The van der Waals surface area contributed by atoms with Crippen LogP contribution in [0.5, 0.6) is 0 Å². The Morgan fingerprint density at radius 3 is 2.86 bits per heavy atom. The van der Waals surface area contributed by atoms with E-state index in [4.69, 9.17) is 9.47 Å². The highest BCUT2D eigenvalue weighted by molar-refractivity contribution is 5.84. The SMILES string of the molecule is COCCNCc1cn(CCC(=O)OC)c2ccccc12. The van der Waals surface area contributed by atoms with Crippen LogP contribution in [0.2, 0.25) is 0 Å². The summed E-state index contributed by atoms with van der Waals surface area (Å²) in [5.74, 6) is -0.187. The predicted molar refractivity (Wildman–Crippen MR) is 82.2 cm³/mol. The van der Waals surface area contributed by atoms with Gasteiger partial charge in [0.15, 0.2) is 0 Å². The van der Waals surface area contributed by atoms with Crippen LogP contribution >= 0.6 is 0 Å².